The van der Waals surface area contributed by atoms with Gasteiger partial charge in [0.25, 0.3) is 0 Å². The molecule has 2 heterocycles. The van der Waals surface area contributed by atoms with Crippen LogP contribution in [0.4, 0.5) is 10.6 Å². The fraction of sp³-hybridized carbons (Fsp3) is 0.375. The molecule has 0 saturated carbocycles. The van der Waals surface area contributed by atoms with Crippen LogP contribution in [0.25, 0.3) is 0 Å². The quantitative estimate of drug-likeness (QED) is 0.277. The number of anilines is 1. The highest BCUT2D eigenvalue weighted by Crippen LogP contribution is 2.29. The summed E-state index contributed by atoms with van der Waals surface area (Å²) in [7, 11) is 0. The summed E-state index contributed by atoms with van der Waals surface area (Å²) in [6.45, 7) is 3.91. The molecule has 1 aliphatic heterocycles. The number of hydrogen-bond acceptors (Lipinski definition) is 6. The predicted molar refractivity (Wildman–Crippen MR) is 155 cm³/mol. The third-order valence-corrected chi connectivity index (χ3v) is 6.97. The third-order valence-electron chi connectivity index (χ3n) is 6.97. The van der Waals surface area contributed by atoms with Crippen molar-refractivity contribution in [2.24, 2.45) is 5.92 Å². The van der Waals surface area contributed by atoms with Gasteiger partial charge >= 0.3 is 12.1 Å². The molecule has 1 atom stereocenters. The number of aliphatic carboxylic acids is 1. The first-order valence-corrected chi connectivity index (χ1v) is 14.1. The lowest BCUT2D eigenvalue weighted by molar-refractivity contribution is -0.144. The number of amides is 2. The Bertz CT molecular complexity index is 1300. The van der Waals surface area contributed by atoms with Crippen LogP contribution < -0.4 is 9.64 Å². The number of aromatic nitrogens is 1. The molecule has 3 aromatic rings. The molecular weight excluding hydrogens is 522 g/mol. The van der Waals surface area contributed by atoms with Crippen molar-refractivity contribution in [2.75, 3.05) is 24.7 Å². The highest BCUT2D eigenvalue weighted by atomic mass is 16.6. The standard InChI is InChI=1S/C32H37N3O6/c1-2-3-17-41-32(39)35(29-12-7-8-15-33-29)16-9-18-40-28-14-13-25-19-26(21-30(36)37)31(38)34(23-27(25)20-28)22-24-10-5-4-6-11-24/h4-8,10-15,20,26H,2-3,9,16-19,21-23H2,1H3,(H,36,37). The van der Waals surface area contributed by atoms with E-state index >= 15 is 0 Å². The number of pyridine rings is 1. The number of carbonyl (C=O) groups is 3. The van der Waals surface area contributed by atoms with Crippen molar-refractivity contribution in [2.45, 2.75) is 52.1 Å². The van der Waals surface area contributed by atoms with Crippen LogP contribution in [0.15, 0.2) is 72.9 Å². The molecule has 9 heteroatoms. The number of carboxylic acid groups (broad SMARTS) is 1. The minimum atomic E-state index is -0.986. The number of carboxylic acids is 1. The Labute approximate surface area is 240 Å². The van der Waals surface area contributed by atoms with Crippen LogP contribution in [0.2, 0.25) is 0 Å². The molecule has 0 spiro atoms. The monoisotopic (exact) mass is 559 g/mol. The Kier molecular flexibility index (Phi) is 10.7. The van der Waals surface area contributed by atoms with E-state index in [9.17, 15) is 19.5 Å². The molecule has 0 aliphatic carbocycles. The Morgan fingerprint density at radius 2 is 1.83 bits per heavy atom. The number of rotatable bonds is 13. The van der Waals surface area contributed by atoms with E-state index in [-0.39, 0.29) is 12.3 Å². The van der Waals surface area contributed by atoms with Gasteiger partial charge in [-0.25, -0.2) is 9.78 Å². The summed E-state index contributed by atoms with van der Waals surface area (Å²) in [4.78, 5) is 45.1. The molecule has 1 aromatic heterocycles. The van der Waals surface area contributed by atoms with Gasteiger partial charge in [-0.15, -0.1) is 0 Å². The minimum absolute atomic E-state index is 0.157. The third kappa shape index (κ3) is 8.54. The fourth-order valence-corrected chi connectivity index (χ4v) is 4.85. The van der Waals surface area contributed by atoms with E-state index in [1.54, 1.807) is 23.2 Å². The van der Waals surface area contributed by atoms with Crippen LogP contribution in [0.5, 0.6) is 5.75 Å². The molecule has 9 nitrogen and oxygen atoms in total. The van der Waals surface area contributed by atoms with Crippen molar-refractivity contribution < 1.29 is 29.0 Å². The maximum Gasteiger partial charge on any atom is 0.415 e. The Balaban J connectivity index is 1.42. The molecule has 0 fully saturated rings. The second kappa shape index (κ2) is 14.8. The normalized spacial score (nSPS) is 14.6. The van der Waals surface area contributed by atoms with Crippen LogP contribution in [0.3, 0.4) is 0 Å². The largest absolute Gasteiger partial charge is 0.494 e. The van der Waals surface area contributed by atoms with Gasteiger partial charge in [-0.05, 0) is 60.2 Å². The second-order valence-corrected chi connectivity index (χ2v) is 10.1. The SMILES string of the molecule is CCCCOC(=O)N(CCCOc1ccc2c(c1)CN(Cc1ccccc1)C(=O)C(CC(=O)O)C2)c1ccccn1. The van der Waals surface area contributed by atoms with E-state index in [1.807, 2.05) is 61.5 Å². The van der Waals surface area contributed by atoms with E-state index in [1.165, 1.54) is 4.90 Å². The van der Waals surface area contributed by atoms with Crippen molar-refractivity contribution in [3.05, 3.63) is 89.6 Å². The number of benzene rings is 2. The molecule has 0 bridgehead atoms. The summed E-state index contributed by atoms with van der Waals surface area (Å²) >= 11 is 0. The van der Waals surface area contributed by atoms with Gasteiger partial charge in [0.2, 0.25) is 5.91 Å². The number of carbonyl (C=O) groups excluding carboxylic acids is 2. The highest BCUT2D eigenvalue weighted by molar-refractivity contribution is 5.86. The van der Waals surface area contributed by atoms with Gasteiger partial charge in [0, 0.05) is 25.8 Å². The molecule has 1 N–H and O–H groups in total. The number of fused-ring (bicyclic) bond motifs is 1. The fourth-order valence-electron chi connectivity index (χ4n) is 4.85. The average molecular weight is 560 g/mol. The molecular formula is C32H37N3O6. The maximum atomic E-state index is 13.4. The van der Waals surface area contributed by atoms with Gasteiger partial charge in [-0.3, -0.25) is 14.5 Å². The molecule has 0 radical (unpaired) electrons. The van der Waals surface area contributed by atoms with Crippen molar-refractivity contribution in [3.8, 4) is 5.75 Å². The summed E-state index contributed by atoms with van der Waals surface area (Å²) in [5.74, 6) is -0.588. The second-order valence-electron chi connectivity index (χ2n) is 10.1. The first-order valence-electron chi connectivity index (χ1n) is 14.1. The average Bonchev–Trinajstić information content (AvgIpc) is 3.09. The summed E-state index contributed by atoms with van der Waals surface area (Å²) in [5.41, 5.74) is 2.87. The lowest BCUT2D eigenvalue weighted by Gasteiger charge is -2.24. The van der Waals surface area contributed by atoms with Gasteiger partial charge in [-0.2, -0.15) is 0 Å². The molecule has 2 amide bonds. The van der Waals surface area contributed by atoms with Crippen molar-refractivity contribution >= 4 is 23.8 Å². The molecule has 2 aromatic carbocycles. The Hall–Kier alpha value is -4.40. The zero-order chi connectivity index (χ0) is 29.0. The number of ether oxygens (including phenoxy) is 2. The lowest BCUT2D eigenvalue weighted by atomic mass is 9.94. The zero-order valence-corrected chi connectivity index (χ0v) is 23.4. The Morgan fingerprint density at radius 3 is 2.56 bits per heavy atom. The number of nitrogens with zero attached hydrogens (tertiary/aromatic N) is 3. The van der Waals surface area contributed by atoms with Gasteiger partial charge in [0.05, 0.1) is 25.6 Å². The van der Waals surface area contributed by atoms with E-state index < -0.39 is 18.0 Å². The highest BCUT2D eigenvalue weighted by Gasteiger charge is 2.31. The summed E-state index contributed by atoms with van der Waals surface area (Å²) in [6.07, 6.45) is 3.65. The van der Waals surface area contributed by atoms with E-state index in [0.29, 0.717) is 57.3 Å². The van der Waals surface area contributed by atoms with E-state index in [4.69, 9.17) is 9.47 Å². The maximum absolute atomic E-state index is 13.4. The van der Waals surface area contributed by atoms with Crippen LogP contribution in [-0.2, 0) is 33.8 Å². The van der Waals surface area contributed by atoms with E-state index in [0.717, 1.165) is 29.5 Å². The first-order chi connectivity index (χ1) is 19.9. The zero-order valence-electron chi connectivity index (χ0n) is 23.4. The molecule has 216 valence electrons. The predicted octanol–water partition coefficient (Wildman–Crippen LogP) is 5.47. The van der Waals surface area contributed by atoms with Gasteiger partial charge in [0.1, 0.15) is 11.6 Å². The molecule has 4 rings (SSSR count). The first kappa shape index (κ1) is 29.6. The molecule has 1 unspecified atom stereocenters. The lowest BCUT2D eigenvalue weighted by Crippen LogP contribution is -2.35. The van der Waals surface area contributed by atoms with Crippen LogP contribution >= 0.6 is 0 Å². The topological polar surface area (TPSA) is 109 Å². The Morgan fingerprint density at radius 1 is 1.02 bits per heavy atom. The van der Waals surface area contributed by atoms with Crippen LogP contribution in [0.1, 0.15) is 49.3 Å². The van der Waals surface area contributed by atoms with Gasteiger partial charge < -0.3 is 19.5 Å². The van der Waals surface area contributed by atoms with Crippen molar-refractivity contribution in [3.63, 3.8) is 0 Å². The van der Waals surface area contributed by atoms with Gasteiger partial charge in [-0.1, -0.05) is 55.8 Å². The minimum Gasteiger partial charge on any atom is -0.494 e. The molecule has 1 aliphatic rings. The molecule has 41 heavy (non-hydrogen) atoms. The number of hydrogen-bond donors (Lipinski definition) is 1. The van der Waals surface area contributed by atoms with Gasteiger partial charge in [0.15, 0.2) is 0 Å². The van der Waals surface area contributed by atoms with Crippen LogP contribution in [0, 0.1) is 5.92 Å². The van der Waals surface area contributed by atoms with Crippen LogP contribution in [-0.4, -0.2) is 52.7 Å². The molecule has 0 saturated heterocycles. The van der Waals surface area contributed by atoms with E-state index in [2.05, 4.69) is 4.98 Å². The summed E-state index contributed by atoms with van der Waals surface area (Å²) < 4.78 is 11.5. The number of unbranched alkanes of at least 4 members (excludes halogenated alkanes) is 1. The smallest absolute Gasteiger partial charge is 0.415 e. The van der Waals surface area contributed by atoms with Crippen molar-refractivity contribution in [1.82, 2.24) is 9.88 Å². The summed E-state index contributed by atoms with van der Waals surface area (Å²) in [6, 6.07) is 20.8. The van der Waals surface area contributed by atoms with Crippen molar-refractivity contribution in [1.29, 1.82) is 0 Å². The summed E-state index contributed by atoms with van der Waals surface area (Å²) in [5, 5.41) is 9.44.